The Morgan fingerprint density at radius 2 is 1.26 bits per heavy atom. The van der Waals surface area contributed by atoms with E-state index in [0.717, 1.165) is 6.07 Å². The van der Waals surface area contributed by atoms with Crippen molar-refractivity contribution < 1.29 is 19.8 Å². The number of nitriles is 4. The van der Waals surface area contributed by atoms with Crippen LogP contribution in [0.2, 0.25) is 0 Å². The fourth-order valence-corrected chi connectivity index (χ4v) is 1.91. The van der Waals surface area contributed by atoms with Gasteiger partial charge in [-0.25, -0.2) is 9.59 Å². The standard InChI is InChI=1S/C10H2N4.C8H7NO4/c11-3-7-1-2-8(4-12)10(6-14)9(7)5-13;9-6-3-4(7(10)11)1-2-5(6)8(12)13/h1-2H;1-3H,9H2,(H,10,11)(H,12,13). The highest BCUT2D eigenvalue weighted by molar-refractivity contribution is 5.96. The molecule has 2 rings (SSSR count). The first-order valence-electron chi connectivity index (χ1n) is 6.94. The van der Waals surface area contributed by atoms with E-state index >= 15 is 0 Å². The highest BCUT2D eigenvalue weighted by atomic mass is 16.4. The predicted molar refractivity (Wildman–Crippen MR) is 90.1 cm³/mol. The zero-order chi connectivity index (χ0) is 20.6. The van der Waals surface area contributed by atoms with Crippen molar-refractivity contribution in [2.75, 3.05) is 5.73 Å². The Balaban J connectivity index is 0.000000271. The lowest BCUT2D eigenvalue weighted by Crippen LogP contribution is -2.05. The van der Waals surface area contributed by atoms with Gasteiger partial charge >= 0.3 is 11.9 Å². The summed E-state index contributed by atoms with van der Waals surface area (Å²) in [5.41, 5.74) is 5.31. The second kappa shape index (κ2) is 8.84. The molecule has 0 fully saturated rings. The monoisotopic (exact) mass is 359 g/mol. The molecular formula is C18H9N5O4. The van der Waals surface area contributed by atoms with Crippen LogP contribution in [0, 0.1) is 45.3 Å². The fraction of sp³-hybridized carbons (Fsp3) is 0. The van der Waals surface area contributed by atoms with E-state index in [2.05, 4.69) is 0 Å². The average molecular weight is 359 g/mol. The molecule has 0 aliphatic carbocycles. The number of rotatable bonds is 2. The number of nitrogens with zero attached hydrogens (tertiary/aromatic N) is 4. The summed E-state index contributed by atoms with van der Waals surface area (Å²) in [7, 11) is 0. The summed E-state index contributed by atoms with van der Waals surface area (Å²) in [5.74, 6) is -2.31. The third kappa shape index (κ3) is 4.58. The van der Waals surface area contributed by atoms with Crippen molar-refractivity contribution in [2.45, 2.75) is 0 Å². The molecule has 4 N–H and O–H groups in total. The maximum Gasteiger partial charge on any atom is 0.337 e. The first kappa shape index (κ1) is 20.2. The second-order valence-corrected chi connectivity index (χ2v) is 4.77. The van der Waals surface area contributed by atoms with Gasteiger partial charge in [-0.05, 0) is 30.3 Å². The number of hydrogen-bond donors (Lipinski definition) is 3. The van der Waals surface area contributed by atoms with Crippen LogP contribution in [-0.4, -0.2) is 22.2 Å². The van der Waals surface area contributed by atoms with Crippen LogP contribution >= 0.6 is 0 Å². The number of benzene rings is 2. The second-order valence-electron chi connectivity index (χ2n) is 4.77. The lowest BCUT2D eigenvalue weighted by Gasteiger charge is -2.00. The van der Waals surface area contributed by atoms with Crippen LogP contribution in [0.25, 0.3) is 0 Å². The van der Waals surface area contributed by atoms with Crippen LogP contribution < -0.4 is 5.73 Å². The van der Waals surface area contributed by atoms with Crippen molar-refractivity contribution in [1.29, 1.82) is 21.0 Å². The summed E-state index contributed by atoms with van der Waals surface area (Å²) in [5, 5.41) is 51.8. The first-order valence-corrected chi connectivity index (χ1v) is 6.94. The van der Waals surface area contributed by atoms with Gasteiger partial charge in [0.2, 0.25) is 0 Å². The number of nitrogen functional groups attached to an aromatic ring is 1. The van der Waals surface area contributed by atoms with Gasteiger partial charge in [-0.2, -0.15) is 21.0 Å². The summed E-state index contributed by atoms with van der Waals surface area (Å²) < 4.78 is 0. The molecule has 0 aliphatic heterocycles. The summed E-state index contributed by atoms with van der Waals surface area (Å²) in [6, 6.07) is 13.3. The minimum absolute atomic E-state index is 0.0255. The molecule has 130 valence electrons. The van der Waals surface area contributed by atoms with Crippen LogP contribution in [0.1, 0.15) is 43.0 Å². The van der Waals surface area contributed by atoms with Gasteiger partial charge in [0.25, 0.3) is 0 Å². The maximum absolute atomic E-state index is 10.5. The molecule has 0 radical (unpaired) electrons. The Hall–Kier alpha value is -4.86. The Morgan fingerprint density at radius 3 is 1.56 bits per heavy atom. The molecule has 0 unspecified atom stereocenters. The third-order valence-electron chi connectivity index (χ3n) is 3.20. The van der Waals surface area contributed by atoms with Crippen LogP contribution in [-0.2, 0) is 0 Å². The summed E-state index contributed by atoms with van der Waals surface area (Å²) in [6.07, 6.45) is 0. The van der Waals surface area contributed by atoms with Gasteiger partial charge < -0.3 is 15.9 Å². The fourth-order valence-electron chi connectivity index (χ4n) is 1.91. The molecule has 2 aromatic carbocycles. The molecule has 0 saturated carbocycles. The highest BCUT2D eigenvalue weighted by Gasteiger charge is 2.12. The molecule has 0 aliphatic rings. The first-order chi connectivity index (χ1) is 12.8. The third-order valence-corrected chi connectivity index (χ3v) is 3.20. The predicted octanol–water partition coefficient (Wildman–Crippen LogP) is 1.84. The topological polar surface area (TPSA) is 196 Å². The van der Waals surface area contributed by atoms with E-state index in [4.69, 9.17) is 37.0 Å². The Morgan fingerprint density at radius 1 is 0.778 bits per heavy atom. The lowest BCUT2D eigenvalue weighted by atomic mass is 9.99. The number of hydrogen-bond acceptors (Lipinski definition) is 7. The zero-order valence-electron chi connectivity index (χ0n) is 13.5. The Labute approximate surface area is 153 Å². The Bertz CT molecular complexity index is 1040. The smallest absolute Gasteiger partial charge is 0.337 e. The van der Waals surface area contributed by atoms with Crippen molar-refractivity contribution in [3.8, 4) is 24.3 Å². The van der Waals surface area contributed by atoms with Crippen molar-refractivity contribution >= 4 is 17.6 Å². The molecule has 0 atom stereocenters. The summed E-state index contributed by atoms with van der Waals surface area (Å²) in [6.45, 7) is 0. The van der Waals surface area contributed by atoms with E-state index in [1.54, 1.807) is 24.3 Å². The molecule has 0 spiro atoms. The maximum atomic E-state index is 10.5. The van der Waals surface area contributed by atoms with E-state index in [1.165, 1.54) is 24.3 Å². The minimum atomic E-state index is -1.17. The molecular weight excluding hydrogens is 350 g/mol. The lowest BCUT2D eigenvalue weighted by molar-refractivity contribution is 0.0682. The van der Waals surface area contributed by atoms with Crippen LogP contribution in [0.4, 0.5) is 5.69 Å². The van der Waals surface area contributed by atoms with Crippen molar-refractivity contribution in [3.05, 3.63) is 63.7 Å². The normalized spacial score (nSPS) is 8.59. The number of carboxylic acid groups (broad SMARTS) is 2. The quantitative estimate of drug-likeness (QED) is 0.670. The van der Waals surface area contributed by atoms with E-state index in [9.17, 15) is 9.59 Å². The van der Waals surface area contributed by atoms with E-state index in [1.807, 2.05) is 0 Å². The van der Waals surface area contributed by atoms with Gasteiger partial charge in [0.1, 0.15) is 24.3 Å². The number of nitrogens with two attached hydrogens (primary N) is 1. The zero-order valence-corrected chi connectivity index (χ0v) is 13.5. The van der Waals surface area contributed by atoms with Gasteiger partial charge in [-0.15, -0.1) is 0 Å². The molecule has 0 amide bonds. The van der Waals surface area contributed by atoms with Crippen LogP contribution in [0.3, 0.4) is 0 Å². The van der Waals surface area contributed by atoms with Crippen LogP contribution in [0.15, 0.2) is 30.3 Å². The van der Waals surface area contributed by atoms with E-state index in [-0.39, 0.29) is 39.1 Å². The van der Waals surface area contributed by atoms with Crippen molar-refractivity contribution in [1.82, 2.24) is 0 Å². The molecule has 2 aromatic rings. The Kier molecular flexibility index (Phi) is 6.61. The number of carboxylic acids is 2. The van der Waals surface area contributed by atoms with Crippen molar-refractivity contribution in [2.24, 2.45) is 0 Å². The molecule has 0 bridgehead atoms. The molecule has 9 nitrogen and oxygen atoms in total. The molecule has 0 heterocycles. The van der Waals surface area contributed by atoms with Gasteiger partial charge in [-0.3, -0.25) is 0 Å². The number of aromatic carboxylic acids is 2. The van der Waals surface area contributed by atoms with Gasteiger partial charge in [0, 0.05) is 5.69 Å². The molecule has 0 aromatic heterocycles. The van der Waals surface area contributed by atoms with Gasteiger partial charge in [0.15, 0.2) is 0 Å². The van der Waals surface area contributed by atoms with Crippen LogP contribution in [0.5, 0.6) is 0 Å². The van der Waals surface area contributed by atoms with Gasteiger partial charge in [-0.1, -0.05) is 0 Å². The van der Waals surface area contributed by atoms with Gasteiger partial charge in [0.05, 0.1) is 33.4 Å². The molecule has 27 heavy (non-hydrogen) atoms. The van der Waals surface area contributed by atoms with Crippen molar-refractivity contribution in [3.63, 3.8) is 0 Å². The largest absolute Gasteiger partial charge is 0.478 e. The summed E-state index contributed by atoms with van der Waals surface area (Å²) in [4.78, 5) is 20.9. The number of anilines is 1. The number of carbonyl (C=O) groups is 2. The average Bonchev–Trinajstić information content (AvgIpc) is 2.66. The summed E-state index contributed by atoms with van der Waals surface area (Å²) >= 11 is 0. The molecule has 0 saturated heterocycles. The minimum Gasteiger partial charge on any atom is -0.478 e. The highest BCUT2D eigenvalue weighted by Crippen LogP contribution is 2.16. The molecule has 9 heteroatoms. The van der Waals surface area contributed by atoms with E-state index in [0.29, 0.717) is 0 Å². The SMILES string of the molecule is N#Cc1ccc(C#N)c(C#N)c1C#N.Nc1cc(C(=O)O)ccc1C(=O)O. The van der Waals surface area contributed by atoms with E-state index < -0.39 is 11.9 Å².